The van der Waals surface area contributed by atoms with Gasteiger partial charge in [0.1, 0.15) is 5.78 Å². The third-order valence-corrected chi connectivity index (χ3v) is 4.33. The lowest BCUT2D eigenvalue weighted by Gasteiger charge is -2.51. The quantitative estimate of drug-likeness (QED) is 0.716. The molecule has 0 N–H and O–H groups in total. The summed E-state index contributed by atoms with van der Waals surface area (Å²) in [7, 11) is 0. The first kappa shape index (κ1) is 14.5. The summed E-state index contributed by atoms with van der Waals surface area (Å²) in [6.45, 7) is 6.23. The number of piperidine rings is 1. The molecule has 1 saturated heterocycles. The highest BCUT2D eigenvalue weighted by atomic mass is 16.5. The number of ketones is 1. The van der Waals surface area contributed by atoms with Crippen LogP contribution in [0.25, 0.3) is 0 Å². The van der Waals surface area contributed by atoms with Crippen LogP contribution in [0.1, 0.15) is 52.4 Å². The molecular weight excluding hydrogens is 242 g/mol. The summed E-state index contributed by atoms with van der Waals surface area (Å²) < 4.78 is 5.31. The van der Waals surface area contributed by atoms with Crippen LogP contribution < -0.4 is 0 Å². The van der Waals surface area contributed by atoms with Crippen molar-refractivity contribution in [2.24, 2.45) is 5.92 Å². The lowest BCUT2D eigenvalue weighted by molar-refractivity contribution is -0.151. The molecule has 2 aliphatic rings. The Balaban J connectivity index is 1.87. The number of carbonyl (C=O) groups excluding carboxylic acids is 2. The van der Waals surface area contributed by atoms with Crippen LogP contribution in [0.5, 0.6) is 0 Å². The molecule has 2 fully saturated rings. The van der Waals surface area contributed by atoms with Gasteiger partial charge in [0.2, 0.25) is 0 Å². The molecule has 4 nitrogen and oxygen atoms in total. The second kappa shape index (κ2) is 6.04. The molecule has 4 heteroatoms. The monoisotopic (exact) mass is 267 g/mol. The summed E-state index contributed by atoms with van der Waals surface area (Å²) in [6, 6.07) is 0. The van der Waals surface area contributed by atoms with Crippen molar-refractivity contribution in [1.82, 2.24) is 4.90 Å². The van der Waals surface area contributed by atoms with Crippen molar-refractivity contribution in [3.8, 4) is 0 Å². The van der Waals surface area contributed by atoms with E-state index < -0.39 is 0 Å². The van der Waals surface area contributed by atoms with Gasteiger partial charge in [-0.25, -0.2) is 0 Å². The van der Waals surface area contributed by atoms with Crippen molar-refractivity contribution >= 4 is 11.8 Å². The largest absolute Gasteiger partial charge is 0.465 e. The number of ether oxygens (including phenoxy) is 1. The maximum Gasteiger partial charge on any atom is 0.307 e. The standard InChI is InChI=1S/C15H25NO3/c1-12(2)11-19-14(18)10-15(6-3-7-15)16-8-4-13(17)5-9-16/h12H,3-11H2,1-2H3. The van der Waals surface area contributed by atoms with Crippen LogP contribution in [-0.2, 0) is 14.3 Å². The number of carbonyl (C=O) groups is 2. The number of Topliss-reactive ketones (excluding diaryl/α,β-unsaturated/α-hetero) is 1. The average Bonchev–Trinajstić information content (AvgIpc) is 2.32. The van der Waals surface area contributed by atoms with Gasteiger partial charge in [-0.2, -0.15) is 0 Å². The molecule has 0 amide bonds. The summed E-state index contributed by atoms with van der Waals surface area (Å²) in [5.74, 6) is 0.660. The average molecular weight is 267 g/mol. The van der Waals surface area contributed by atoms with E-state index in [2.05, 4.69) is 4.90 Å². The third-order valence-electron chi connectivity index (χ3n) is 4.33. The fourth-order valence-corrected chi connectivity index (χ4v) is 3.00. The van der Waals surface area contributed by atoms with Gasteiger partial charge >= 0.3 is 5.97 Å². The smallest absolute Gasteiger partial charge is 0.307 e. The highest BCUT2D eigenvalue weighted by molar-refractivity contribution is 5.79. The van der Waals surface area contributed by atoms with E-state index in [1.54, 1.807) is 0 Å². The molecular formula is C15H25NO3. The van der Waals surface area contributed by atoms with E-state index in [0.29, 0.717) is 37.6 Å². The van der Waals surface area contributed by atoms with E-state index >= 15 is 0 Å². The minimum absolute atomic E-state index is 0.00520. The zero-order chi connectivity index (χ0) is 13.9. The summed E-state index contributed by atoms with van der Waals surface area (Å²) >= 11 is 0. The summed E-state index contributed by atoms with van der Waals surface area (Å²) in [5.41, 5.74) is -0.00520. The lowest BCUT2D eigenvalue weighted by Crippen LogP contribution is -2.57. The first-order chi connectivity index (χ1) is 9.02. The molecule has 0 atom stereocenters. The molecule has 0 aromatic heterocycles. The van der Waals surface area contributed by atoms with Crippen LogP contribution in [0, 0.1) is 5.92 Å². The Morgan fingerprint density at radius 1 is 1.32 bits per heavy atom. The number of rotatable bonds is 5. The Hall–Kier alpha value is -0.900. The fourth-order valence-electron chi connectivity index (χ4n) is 3.00. The zero-order valence-electron chi connectivity index (χ0n) is 12.1. The van der Waals surface area contributed by atoms with Crippen molar-refractivity contribution in [3.63, 3.8) is 0 Å². The van der Waals surface area contributed by atoms with E-state index in [9.17, 15) is 9.59 Å². The van der Waals surface area contributed by atoms with Gasteiger partial charge in [-0.1, -0.05) is 13.8 Å². The van der Waals surface area contributed by atoms with Crippen LogP contribution in [0.3, 0.4) is 0 Å². The SMILES string of the molecule is CC(C)COC(=O)CC1(N2CCC(=O)CC2)CCC1. The van der Waals surface area contributed by atoms with Gasteiger partial charge in [0.05, 0.1) is 13.0 Å². The van der Waals surface area contributed by atoms with Crippen molar-refractivity contribution in [1.29, 1.82) is 0 Å². The molecule has 1 saturated carbocycles. The molecule has 108 valence electrons. The van der Waals surface area contributed by atoms with Crippen LogP contribution >= 0.6 is 0 Å². The van der Waals surface area contributed by atoms with E-state index in [-0.39, 0.29) is 11.5 Å². The van der Waals surface area contributed by atoms with Crippen molar-refractivity contribution in [2.45, 2.75) is 57.9 Å². The van der Waals surface area contributed by atoms with Crippen molar-refractivity contribution in [2.75, 3.05) is 19.7 Å². The first-order valence-electron chi connectivity index (χ1n) is 7.44. The summed E-state index contributed by atoms with van der Waals surface area (Å²) in [5, 5.41) is 0. The molecule has 19 heavy (non-hydrogen) atoms. The zero-order valence-corrected chi connectivity index (χ0v) is 12.1. The molecule has 0 aromatic rings. The predicted octanol–water partition coefficient (Wildman–Crippen LogP) is 2.16. The molecule has 0 bridgehead atoms. The van der Waals surface area contributed by atoms with Crippen LogP contribution in [0.4, 0.5) is 0 Å². The summed E-state index contributed by atoms with van der Waals surface area (Å²) in [4.78, 5) is 25.6. The van der Waals surface area contributed by atoms with E-state index in [1.807, 2.05) is 13.8 Å². The van der Waals surface area contributed by atoms with Crippen LogP contribution in [0.2, 0.25) is 0 Å². The van der Waals surface area contributed by atoms with Crippen molar-refractivity contribution < 1.29 is 14.3 Å². The highest BCUT2D eigenvalue weighted by Crippen LogP contribution is 2.41. The Morgan fingerprint density at radius 3 is 2.42 bits per heavy atom. The van der Waals surface area contributed by atoms with Gasteiger partial charge in [-0.05, 0) is 25.2 Å². The number of likely N-dealkylation sites (tertiary alicyclic amines) is 1. The number of hydrogen-bond donors (Lipinski definition) is 0. The molecule has 2 rings (SSSR count). The Morgan fingerprint density at radius 2 is 1.95 bits per heavy atom. The Kier molecular flexibility index (Phi) is 4.61. The molecule has 0 spiro atoms. The predicted molar refractivity (Wildman–Crippen MR) is 72.8 cm³/mol. The fraction of sp³-hybridized carbons (Fsp3) is 0.867. The number of hydrogen-bond acceptors (Lipinski definition) is 4. The van der Waals surface area contributed by atoms with E-state index in [4.69, 9.17) is 4.74 Å². The van der Waals surface area contributed by atoms with Gasteiger partial charge in [0.25, 0.3) is 0 Å². The third kappa shape index (κ3) is 3.56. The normalized spacial score (nSPS) is 23.2. The number of nitrogens with zero attached hydrogens (tertiary/aromatic N) is 1. The van der Waals surface area contributed by atoms with Crippen LogP contribution in [0.15, 0.2) is 0 Å². The van der Waals surface area contributed by atoms with Crippen molar-refractivity contribution in [3.05, 3.63) is 0 Å². The molecule has 1 aliphatic carbocycles. The van der Waals surface area contributed by atoms with E-state index in [0.717, 1.165) is 25.9 Å². The second-order valence-electron chi connectivity index (χ2n) is 6.36. The Bertz CT molecular complexity index is 337. The molecule has 0 radical (unpaired) electrons. The van der Waals surface area contributed by atoms with E-state index in [1.165, 1.54) is 6.42 Å². The highest BCUT2D eigenvalue weighted by Gasteiger charge is 2.45. The number of esters is 1. The van der Waals surface area contributed by atoms with Crippen LogP contribution in [-0.4, -0.2) is 41.9 Å². The second-order valence-corrected chi connectivity index (χ2v) is 6.36. The van der Waals surface area contributed by atoms with Gasteiger partial charge in [0, 0.05) is 31.5 Å². The molecule has 1 aliphatic heterocycles. The molecule has 0 aromatic carbocycles. The summed E-state index contributed by atoms with van der Waals surface area (Å²) in [6.07, 6.45) is 5.09. The van der Waals surface area contributed by atoms with Gasteiger partial charge in [-0.15, -0.1) is 0 Å². The molecule has 1 heterocycles. The minimum atomic E-state index is -0.0784. The Labute approximate surface area is 115 Å². The minimum Gasteiger partial charge on any atom is -0.465 e. The lowest BCUT2D eigenvalue weighted by atomic mass is 9.72. The maximum absolute atomic E-state index is 11.9. The van der Waals surface area contributed by atoms with Gasteiger partial charge < -0.3 is 4.74 Å². The molecule has 0 unspecified atom stereocenters. The maximum atomic E-state index is 11.9. The topological polar surface area (TPSA) is 46.6 Å². The first-order valence-corrected chi connectivity index (χ1v) is 7.44. The van der Waals surface area contributed by atoms with Gasteiger partial charge in [-0.3, -0.25) is 14.5 Å². The van der Waals surface area contributed by atoms with Gasteiger partial charge in [0.15, 0.2) is 0 Å².